The van der Waals surface area contributed by atoms with Crippen molar-refractivity contribution < 1.29 is 5.11 Å². The molecule has 2 aromatic rings. The Balaban J connectivity index is 2.20. The Hall–Kier alpha value is -1.35. The van der Waals surface area contributed by atoms with Crippen molar-refractivity contribution in [2.24, 2.45) is 0 Å². The molecule has 2 rings (SSSR count). The highest BCUT2D eigenvalue weighted by atomic mass is 35.5. The topological polar surface area (TPSA) is 32.3 Å². The summed E-state index contributed by atoms with van der Waals surface area (Å²) in [6.45, 7) is 11.6. The summed E-state index contributed by atoms with van der Waals surface area (Å²) < 4.78 is 0. The summed E-state index contributed by atoms with van der Waals surface area (Å²) in [6, 6.07) is 13.9. The second kappa shape index (κ2) is 7.69. The van der Waals surface area contributed by atoms with Gasteiger partial charge in [0.15, 0.2) is 0 Å². The summed E-state index contributed by atoms with van der Waals surface area (Å²) in [5.74, 6) is 0.366. The molecule has 0 spiro atoms. The van der Waals surface area contributed by atoms with Gasteiger partial charge in [-0.3, -0.25) is 0 Å². The summed E-state index contributed by atoms with van der Waals surface area (Å²) in [5, 5.41) is 14.9. The van der Waals surface area contributed by atoms with Crippen LogP contribution < -0.4 is 5.32 Å². The molecular formula is C21H28ClNO. The van der Waals surface area contributed by atoms with Crippen LogP contribution in [0.3, 0.4) is 0 Å². The maximum atomic E-state index is 10.7. The first-order valence-corrected chi connectivity index (χ1v) is 8.84. The average molecular weight is 346 g/mol. The van der Waals surface area contributed by atoms with Crippen LogP contribution >= 0.6 is 11.6 Å². The molecule has 0 aromatic heterocycles. The van der Waals surface area contributed by atoms with E-state index in [2.05, 4.69) is 45.1 Å². The molecule has 24 heavy (non-hydrogen) atoms. The van der Waals surface area contributed by atoms with E-state index in [0.29, 0.717) is 10.9 Å². The number of aliphatic hydroxyl groups excluding tert-OH is 1. The van der Waals surface area contributed by atoms with Crippen LogP contribution in [0.5, 0.6) is 0 Å². The lowest BCUT2D eigenvalue weighted by Crippen LogP contribution is -2.38. The highest BCUT2D eigenvalue weighted by Gasteiger charge is 2.17. The van der Waals surface area contributed by atoms with Crippen molar-refractivity contribution >= 4 is 11.6 Å². The Bertz CT molecular complexity index is 690. The number of hydrogen-bond acceptors (Lipinski definition) is 2. The molecule has 3 heteroatoms. The minimum Gasteiger partial charge on any atom is -0.384 e. The molecule has 0 amide bonds. The summed E-state index contributed by atoms with van der Waals surface area (Å²) in [6.07, 6.45) is -0.708. The molecule has 130 valence electrons. The van der Waals surface area contributed by atoms with Crippen molar-refractivity contribution in [2.75, 3.05) is 6.54 Å². The fraction of sp³-hybridized carbons (Fsp3) is 0.429. The number of rotatable bonds is 5. The van der Waals surface area contributed by atoms with E-state index in [9.17, 15) is 5.11 Å². The Kier molecular flexibility index (Phi) is 6.08. The molecule has 0 aliphatic heterocycles. The van der Waals surface area contributed by atoms with E-state index in [4.69, 9.17) is 11.6 Å². The zero-order valence-electron chi connectivity index (χ0n) is 15.2. The summed E-state index contributed by atoms with van der Waals surface area (Å²) in [5.41, 5.74) is 4.03. The number of halogens is 1. The van der Waals surface area contributed by atoms with Gasteiger partial charge in [0.1, 0.15) is 6.10 Å². The first kappa shape index (κ1) is 19.0. The molecule has 0 radical (unpaired) electrons. The van der Waals surface area contributed by atoms with Crippen LogP contribution in [0.25, 0.3) is 0 Å². The lowest BCUT2D eigenvalue weighted by atomic mass is 9.94. The van der Waals surface area contributed by atoms with E-state index >= 15 is 0 Å². The maximum absolute atomic E-state index is 10.7. The number of aryl methyl sites for hydroxylation is 1. The van der Waals surface area contributed by atoms with Gasteiger partial charge in [0.25, 0.3) is 0 Å². The van der Waals surface area contributed by atoms with Gasteiger partial charge in [-0.25, -0.2) is 0 Å². The first-order chi connectivity index (χ1) is 11.2. The SMILES string of the molecule is Cc1ccc(C(O)c2cccc(C(C)CNC(C)(C)C)c2)c(Cl)c1. The van der Waals surface area contributed by atoms with Gasteiger partial charge in [0.05, 0.1) is 0 Å². The Morgan fingerprint density at radius 1 is 1.08 bits per heavy atom. The molecule has 0 aliphatic rings. The van der Waals surface area contributed by atoms with Crippen molar-refractivity contribution in [1.82, 2.24) is 5.32 Å². The minimum absolute atomic E-state index is 0.0980. The van der Waals surface area contributed by atoms with Crippen molar-refractivity contribution in [3.05, 3.63) is 69.7 Å². The van der Waals surface area contributed by atoms with Crippen molar-refractivity contribution in [2.45, 2.75) is 52.2 Å². The predicted molar refractivity (Wildman–Crippen MR) is 103 cm³/mol. The van der Waals surface area contributed by atoms with Crippen molar-refractivity contribution in [3.63, 3.8) is 0 Å². The van der Waals surface area contributed by atoms with Crippen LogP contribution in [-0.2, 0) is 0 Å². The standard InChI is InChI=1S/C21H28ClNO/c1-14-9-10-18(19(22)11-14)20(24)17-8-6-7-16(12-17)15(2)13-23-21(3,4)5/h6-12,15,20,23-24H,13H2,1-5H3. The van der Waals surface area contributed by atoms with Crippen LogP contribution in [0, 0.1) is 6.92 Å². The third-order valence-electron chi connectivity index (χ3n) is 4.18. The highest BCUT2D eigenvalue weighted by Crippen LogP contribution is 2.30. The highest BCUT2D eigenvalue weighted by molar-refractivity contribution is 6.31. The molecule has 0 fully saturated rings. The van der Waals surface area contributed by atoms with Crippen LogP contribution in [-0.4, -0.2) is 17.2 Å². The van der Waals surface area contributed by atoms with Gasteiger partial charge in [0.2, 0.25) is 0 Å². The summed E-state index contributed by atoms with van der Waals surface area (Å²) >= 11 is 6.31. The van der Waals surface area contributed by atoms with E-state index in [1.807, 2.05) is 37.3 Å². The summed E-state index contributed by atoms with van der Waals surface area (Å²) in [7, 11) is 0. The van der Waals surface area contributed by atoms with Crippen LogP contribution in [0.2, 0.25) is 5.02 Å². The largest absolute Gasteiger partial charge is 0.384 e. The van der Waals surface area contributed by atoms with E-state index in [1.54, 1.807) is 0 Å². The first-order valence-electron chi connectivity index (χ1n) is 8.46. The zero-order chi connectivity index (χ0) is 17.9. The second-order valence-corrected chi connectivity index (χ2v) is 8.04. The van der Waals surface area contributed by atoms with E-state index in [0.717, 1.165) is 23.2 Å². The van der Waals surface area contributed by atoms with Gasteiger partial charge < -0.3 is 10.4 Å². The smallest absolute Gasteiger partial charge is 0.105 e. The van der Waals surface area contributed by atoms with Gasteiger partial charge in [-0.15, -0.1) is 0 Å². The molecule has 2 aromatic carbocycles. The van der Waals surface area contributed by atoms with Crippen LogP contribution in [0.4, 0.5) is 0 Å². The second-order valence-electron chi connectivity index (χ2n) is 7.63. The molecule has 0 aliphatic carbocycles. The third kappa shape index (κ3) is 5.07. The van der Waals surface area contributed by atoms with Crippen LogP contribution in [0.1, 0.15) is 62.0 Å². The molecule has 0 saturated heterocycles. The van der Waals surface area contributed by atoms with E-state index in [1.165, 1.54) is 5.56 Å². The molecule has 0 heterocycles. The van der Waals surface area contributed by atoms with Crippen molar-refractivity contribution in [1.29, 1.82) is 0 Å². The minimum atomic E-state index is -0.708. The molecule has 2 unspecified atom stereocenters. The third-order valence-corrected chi connectivity index (χ3v) is 4.51. The lowest BCUT2D eigenvalue weighted by Gasteiger charge is -2.24. The molecule has 2 N–H and O–H groups in total. The average Bonchev–Trinajstić information content (AvgIpc) is 2.51. The van der Waals surface area contributed by atoms with Gasteiger partial charge in [-0.2, -0.15) is 0 Å². The van der Waals surface area contributed by atoms with Crippen molar-refractivity contribution in [3.8, 4) is 0 Å². The zero-order valence-corrected chi connectivity index (χ0v) is 16.0. The number of hydrogen-bond donors (Lipinski definition) is 2. The predicted octanol–water partition coefficient (Wildman–Crippen LogP) is 5.22. The Morgan fingerprint density at radius 2 is 1.75 bits per heavy atom. The van der Waals surface area contributed by atoms with Gasteiger partial charge in [0, 0.05) is 22.7 Å². The van der Waals surface area contributed by atoms with E-state index in [-0.39, 0.29) is 5.54 Å². The normalized spacial score (nSPS) is 14.5. The molecule has 0 bridgehead atoms. The van der Waals surface area contributed by atoms with Gasteiger partial charge >= 0.3 is 0 Å². The maximum Gasteiger partial charge on any atom is 0.105 e. The Labute approximate surface area is 150 Å². The molecule has 2 atom stereocenters. The number of benzene rings is 2. The number of nitrogens with one attached hydrogen (secondary N) is 1. The van der Waals surface area contributed by atoms with Gasteiger partial charge in [-0.1, -0.05) is 54.9 Å². The quantitative estimate of drug-likeness (QED) is 0.778. The monoisotopic (exact) mass is 345 g/mol. The van der Waals surface area contributed by atoms with Crippen LogP contribution in [0.15, 0.2) is 42.5 Å². The lowest BCUT2D eigenvalue weighted by molar-refractivity contribution is 0.220. The number of aliphatic hydroxyl groups is 1. The van der Waals surface area contributed by atoms with Gasteiger partial charge in [-0.05, 0) is 56.4 Å². The molecular weight excluding hydrogens is 318 g/mol. The Morgan fingerprint density at radius 3 is 2.38 bits per heavy atom. The molecule has 0 saturated carbocycles. The summed E-state index contributed by atoms with van der Waals surface area (Å²) in [4.78, 5) is 0. The fourth-order valence-corrected chi connectivity index (χ4v) is 2.98. The molecule has 2 nitrogen and oxygen atoms in total. The van der Waals surface area contributed by atoms with E-state index < -0.39 is 6.10 Å². The fourth-order valence-electron chi connectivity index (χ4n) is 2.65.